The summed E-state index contributed by atoms with van der Waals surface area (Å²) in [6, 6.07) is 5.22. The topological polar surface area (TPSA) is 58.4 Å². The Kier molecular flexibility index (Phi) is 8.40. The largest absolute Gasteiger partial charge is 0.441 e. The highest BCUT2D eigenvalue weighted by molar-refractivity contribution is 6.36. The third-order valence-electron chi connectivity index (χ3n) is 5.28. The number of aryl methyl sites for hydroxylation is 1. The highest BCUT2D eigenvalue weighted by Crippen LogP contribution is 2.30. The van der Waals surface area contributed by atoms with Gasteiger partial charge in [0.05, 0.1) is 11.2 Å². The highest BCUT2D eigenvalue weighted by atomic mass is 35.5. The van der Waals surface area contributed by atoms with Crippen LogP contribution in [0.2, 0.25) is 10.0 Å². The van der Waals surface area contributed by atoms with Gasteiger partial charge in [-0.05, 0) is 62.9 Å². The zero-order valence-corrected chi connectivity index (χ0v) is 18.4. The van der Waals surface area contributed by atoms with Gasteiger partial charge in [0, 0.05) is 36.5 Å². The molecule has 5 nitrogen and oxygen atoms in total. The molecule has 0 radical (unpaired) electrons. The molecule has 0 saturated carbocycles. The second-order valence-electron chi connectivity index (χ2n) is 7.85. The van der Waals surface area contributed by atoms with Crippen molar-refractivity contribution in [1.29, 1.82) is 0 Å². The quantitative estimate of drug-likeness (QED) is 0.546. The van der Waals surface area contributed by atoms with Crippen LogP contribution in [0, 0.1) is 5.92 Å². The fourth-order valence-electron chi connectivity index (χ4n) is 3.73. The van der Waals surface area contributed by atoms with Gasteiger partial charge in [-0.15, -0.1) is 0 Å². The first-order valence-corrected chi connectivity index (χ1v) is 11.2. The van der Waals surface area contributed by atoms with Crippen LogP contribution in [0.15, 0.2) is 28.8 Å². The molecule has 0 aliphatic carbocycles. The van der Waals surface area contributed by atoms with Crippen molar-refractivity contribution in [2.45, 2.75) is 45.4 Å². The molecule has 0 spiro atoms. The van der Waals surface area contributed by atoms with Crippen LogP contribution in [0.25, 0.3) is 11.3 Å². The lowest BCUT2D eigenvalue weighted by molar-refractivity contribution is -0.121. The average molecular weight is 438 g/mol. The number of carbonyl (C=O) groups excluding carboxylic acids is 1. The van der Waals surface area contributed by atoms with Crippen LogP contribution >= 0.6 is 23.2 Å². The van der Waals surface area contributed by atoms with Gasteiger partial charge in [0.2, 0.25) is 5.91 Å². The second-order valence-corrected chi connectivity index (χ2v) is 8.69. The van der Waals surface area contributed by atoms with Crippen LogP contribution in [0.5, 0.6) is 0 Å². The summed E-state index contributed by atoms with van der Waals surface area (Å²) in [5, 5.41) is 4.07. The molecular weight excluding hydrogens is 409 g/mol. The number of hydrogen-bond acceptors (Lipinski definition) is 4. The minimum Gasteiger partial charge on any atom is -0.441 e. The lowest BCUT2D eigenvalue weighted by Gasteiger charge is -2.30. The fourth-order valence-corrected chi connectivity index (χ4v) is 4.23. The molecule has 1 aromatic heterocycles. The molecule has 1 atom stereocenters. The molecule has 1 aromatic carbocycles. The highest BCUT2D eigenvalue weighted by Gasteiger charge is 2.15. The Morgan fingerprint density at radius 2 is 2.21 bits per heavy atom. The number of amides is 1. The molecule has 0 bridgehead atoms. The van der Waals surface area contributed by atoms with Gasteiger partial charge >= 0.3 is 0 Å². The normalized spacial score (nSPS) is 17.4. The third-order valence-corrected chi connectivity index (χ3v) is 5.83. The predicted molar refractivity (Wildman–Crippen MR) is 117 cm³/mol. The van der Waals surface area contributed by atoms with Crippen molar-refractivity contribution in [3.05, 3.63) is 40.3 Å². The Morgan fingerprint density at radius 1 is 1.34 bits per heavy atom. The SMILES string of the molecule is CC1CCCN(CCCCNC(=O)CCc2ncc(-c3ccc(Cl)cc3Cl)o2)C1. The van der Waals surface area contributed by atoms with Crippen molar-refractivity contribution >= 4 is 29.1 Å². The molecule has 2 heterocycles. The van der Waals surface area contributed by atoms with E-state index in [-0.39, 0.29) is 5.91 Å². The number of likely N-dealkylation sites (tertiary alicyclic amines) is 1. The van der Waals surface area contributed by atoms with Crippen LogP contribution in [0.3, 0.4) is 0 Å². The number of nitrogens with zero attached hydrogens (tertiary/aromatic N) is 2. The van der Waals surface area contributed by atoms with Crippen molar-refractivity contribution in [1.82, 2.24) is 15.2 Å². The van der Waals surface area contributed by atoms with Gasteiger partial charge in [-0.3, -0.25) is 4.79 Å². The fraction of sp³-hybridized carbons (Fsp3) is 0.545. The first-order valence-electron chi connectivity index (χ1n) is 10.4. The molecule has 1 saturated heterocycles. The Hall–Kier alpha value is -1.56. The molecule has 2 aromatic rings. The van der Waals surface area contributed by atoms with E-state index in [0.29, 0.717) is 34.5 Å². The van der Waals surface area contributed by atoms with Crippen LogP contribution in [-0.2, 0) is 11.2 Å². The molecule has 7 heteroatoms. The first-order chi connectivity index (χ1) is 14.0. The van der Waals surface area contributed by atoms with Crippen LogP contribution in [0.4, 0.5) is 0 Å². The molecule has 1 aliphatic heterocycles. The summed E-state index contributed by atoms with van der Waals surface area (Å²) in [7, 11) is 0. The summed E-state index contributed by atoms with van der Waals surface area (Å²) in [5.74, 6) is 1.95. The second kappa shape index (κ2) is 11.0. The van der Waals surface area contributed by atoms with E-state index >= 15 is 0 Å². The number of halogens is 2. The molecule has 1 aliphatic rings. The number of hydrogen-bond donors (Lipinski definition) is 1. The Balaban J connectivity index is 1.33. The van der Waals surface area contributed by atoms with Gasteiger partial charge < -0.3 is 14.6 Å². The Labute approximate surface area is 182 Å². The number of rotatable bonds is 9. The van der Waals surface area contributed by atoms with E-state index < -0.39 is 0 Å². The van der Waals surface area contributed by atoms with E-state index in [0.717, 1.165) is 37.4 Å². The minimum atomic E-state index is 0.0286. The van der Waals surface area contributed by atoms with Gasteiger partial charge in [-0.25, -0.2) is 4.98 Å². The average Bonchev–Trinajstić information content (AvgIpc) is 3.15. The number of oxazole rings is 1. The van der Waals surface area contributed by atoms with Crippen LogP contribution < -0.4 is 5.32 Å². The van der Waals surface area contributed by atoms with E-state index in [1.54, 1.807) is 24.4 Å². The molecule has 158 valence electrons. The molecular formula is C22H29Cl2N3O2. The van der Waals surface area contributed by atoms with E-state index in [9.17, 15) is 4.79 Å². The number of nitrogens with one attached hydrogen (secondary N) is 1. The maximum Gasteiger partial charge on any atom is 0.220 e. The van der Waals surface area contributed by atoms with Crippen LogP contribution in [0.1, 0.15) is 44.9 Å². The summed E-state index contributed by atoms with van der Waals surface area (Å²) in [6.45, 7) is 6.61. The van der Waals surface area contributed by atoms with E-state index in [1.165, 1.54) is 25.9 Å². The summed E-state index contributed by atoms with van der Waals surface area (Å²) in [6.07, 6.45) is 7.24. The summed E-state index contributed by atoms with van der Waals surface area (Å²) >= 11 is 12.1. The van der Waals surface area contributed by atoms with Gasteiger partial charge in [-0.1, -0.05) is 30.1 Å². The van der Waals surface area contributed by atoms with Crippen molar-refractivity contribution in [3.8, 4) is 11.3 Å². The number of piperidine rings is 1. The van der Waals surface area contributed by atoms with Crippen molar-refractivity contribution in [3.63, 3.8) is 0 Å². The number of carbonyl (C=O) groups is 1. The number of aromatic nitrogens is 1. The lowest BCUT2D eigenvalue weighted by Crippen LogP contribution is -2.35. The maximum absolute atomic E-state index is 12.1. The Morgan fingerprint density at radius 3 is 3.00 bits per heavy atom. The van der Waals surface area contributed by atoms with Crippen LogP contribution in [-0.4, -0.2) is 42.0 Å². The van der Waals surface area contributed by atoms with Crippen molar-refractivity contribution in [2.75, 3.05) is 26.2 Å². The first kappa shape index (κ1) is 22.1. The zero-order chi connectivity index (χ0) is 20.6. The minimum absolute atomic E-state index is 0.0286. The molecule has 1 amide bonds. The lowest BCUT2D eigenvalue weighted by atomic mass is 10.0. The monoisotopic (exact) mass is 437 g/mol. The smallest absolute Gasteiger partial charge is 0.220 e. The van der Waals surface area contributed by atoms with Crippen molar-refractivity contribution < 1.29 is 9.21 Å². The van der Waals surface area contributed by atoms with E-state index in [4.69, 9.17) is 27.6 Å². The molecule has 3 rings (SSSR count). The summed E-state index contributed by atoms with van der Waals surface area (Å²) < 4.78 is 5.74. The standard InChI is InChI=1S/C22H29Cl2N3O2/c1-16-5-4-12-27(15-16)11-3-2-10-25-21(28)8-9-22-26-14-20(29-22)18-7-6-17(23)13-19(18)24/h6-7,13-14,16H,2-5,8-12,15H2,1H3,(H,25,28). The van der Waals surface area contributed by atoms with E-state index in [2.05, 4.69) is 22.1 Å². The van der Waals surface area contributed by atoms with Gasteiger partial charge in [-0.2, -0.15) is 0 Å². The molecule has 29 heavy (non-hydrogen) atoms. The summed E-state index contributed by atoms with van der Waals surface area (Å²) in [4.78, 5) is 18.9. The predicted octanol–water partition coefficient (Wildman–Crippen LogP) is 5.21. The van der Waals surface area contributed by atoms with E-state index in [1.807, 2.05) is 0 Å². The summed E-state index contributed by atoms with van der Waals surface area (Å²) in [5.41, 5.74) is 0.738. The number of benzene rings is 1. The third kappa shape index (κ3) is 7.02. The molecule has 1 N–H and O–H groups in total. The maximum atomic E-state index is 12.1. The number of unbranched alkanes of at least 4 members (excludes halogenated alkanes) is 1. The zero-order valence-electron chi connectivity index (χ0n) is 16.9. The van der Waals surface area contributed by atoms with Gasteiger partial charge in [0.1, 0.15) is 0 Å². The van der Waals surface area contributed by atoms with Crippen molar-refractivity contribution in [2.24, 2.45) is 5.92 Å². The molecule has 1 fully saturated rings. The Bertz CT molecular complexity index is 809. The van der Waals surface area contributed by atoms with Gasteiger partial charge in [0.25, 0.3) is 0 Å². The molecule has 1 unspecified atom stereocenters. The van der Waals surface area contributed by atoms with Gasteiger partial charge in [0.15, 0.2) is 11.7 Å².